The average Bonchev–Trinajstić information content (AvgIpc) is 2.33. The van der Waals surface area contributed by atoms with Gasteiger partial charge in [0.15, 0.2) is 0 Å². The molecule has 3 nitrogen and oxygen atoms in total. The zero-order chi connectivity index (χ0) is 11.4. The molecule has 0 radical (unpaired) electrons. The second-order valence-electron chi connectivity index (χ2n) is 4.62. The lowest BCUT2D eigenvalue weighted by molar-refractivity contribution is 0.203. The maximum atomic E-state index is 5.89. The normalized spacial score (nSPS) is 18.9. The van der Waals surface area contributed by atoms with Crippen LogP contribution in [0.15, 0.2) is 18.3 Å². The van der Waals surface area contributed by atoms with Gasteiger partial charge >= 0.3 is 0 Å². The molecule has 1 saturated heterocycles. The van der Waals surface area contributed by atoms with Crippen molar-refractivity contribution in [1.29, 1.82) is 0 Å². The molecular formula is C13H21N3. The summed E-state index contributed by atoms with van der Waals surface area (Å²) in [6.07, 6.45) is 5.29. The second kappa shape index (κ2) is 5.41. The molecule has 0 unspecified atom stereocenters. The summed E-state index contributed by atoms with van der Waals surface area (Å²) in [5.41, 5.74) is 8.37. The van der Waals surface area contributed by atoms with E-state index in [1.54, 1.807) is 0 Å². The summed E-state index contributed by atoms with van der Waals surface area (Å²) in [5, 5.41) is 0. The molecule has 88 valence electrons. The Morgan fingerprint density at radius 1 is 1.38 bits per heavy atom. The van der Waals surface area contributed by atoms with E-state index in [4.69, 9.17) is 5.73 Å². The van der Waals surface area contributed by atoms with E-state index < -0.39 is 0 Å². The van der Waals surface area contributed by atoms with Crippen molar-refractivity contribution in [1.82, 2.24) is 9.88 Å². The summed E-state index contributed by atoms with van der Waals surface area (Å²) in [7, 11) is 0. The number of aromatic nitrogens is 1. The third kappa shape index (κ3) is 3.03. The third-order valence-electron chi connectivity index (χ3n) is 3.31. The van der Waals surface area contributed by atoms with Gasteiger partial charge in [0, 0.05) is 31.9 Å². The minimum Gasteiger partial charge on any atom is -0.328 e. The molecule has 0 bridgehead atoms. The Morgan fingerprint density at radius 3 is 2.69 bits per heavy atom. The number of hydrogen-bond donors (Lipinski definition) is 1. The van der Waals surface area contributed by atoms with E-state index in [-0.39, 0.29) is 0 Å². The highest BCUT2D eigenvalue weighted by Crippen LogP contribution is 2.11. The number of pyridine rings is 1. The minimum atomic E-state index is 0.409. The number of nitrogens with zero attached hydrogens (tertiary/aromatic N) is 2. The van der Waals surface area contributed by atoms with E-state index in [0.29, 0.717) is 6.04 Å². The number of rotatable bonds is 3. The first-order chi connectivity index (χ1) is 7.78. The average molecular weight is 219 g/mol. The van der Waals surface area contributed by atoms with Crippen LogP contribution in [-0.4, -0.2) is 29.0 Å². The molecule has 0 amide bonds. The van der Waals surface area contributed by atoms with Gasteiger partial charge in [-0.05, 0) is 30.9 Å². The molecule has 1 aromatic rings. The maximum absolute atomic E-state index is 5.89. The molecule has 3 heteroatoms. The van der Waals surface area contributed by atoms with Crippen molar-refractivity contribution in [3.63, 3.8) is 0 Å². The number of likely N-dealkylation sites (tertiary alicyclic amines) is 1. The van der Waals surface area contributed by atoms with Crippen molar-refractivity contribution >= 4 is 0 Å². The number of hydrogen-bond acceptors (Lipinski definition) is 3. The lowest BCUT2D eigenvalue weighted by Crippen LogP contribution is -2.39. The first kappa shape index (κ1) is 11.6. The lowest BCUT2D eigenvalue weighted by Gasteiger charge is -2.29. The zero-order valence-corrected chi connectivity index (χ0v) is 10.0. The van der Waals surface area contributed by atoms with Gasteiger partial charge in [0.05, 0.1) is 5.69 Å². The highest BCUT2D eigenvalue weighted by atomic mass is 15.1. The maximum Gasteiger partial charge on any atom is 0.0544 e. The Balaban J connectivity index is 1.88. The van der Waals surface area contributed by atoms with Gasteiger partial charge in [0.25, 0.3) is 0 Å². The highest BCUT2D eigenvalue weighted by Gasteiger charge is 2.16. The fraction of sp³-hybridized carbons (Fsp3) is 0.615. The van der Waals surface area contributed by atoms with Crippen molar-refractivity contribution in [3.8, 4) is 0 Å². The molecule has 0 spiro atoms. The molecule has 16 heavy (non-hydrogen) atoms. The van der Waals surface area contributed by atoms with Gasteiger partial charge < -0.3 is 5.73 Å². The van der Waals surface area contributed by atoms with E-state index in [1.165, 1.54) is 11.3 Å². The van der Waals surface area contributed by atoms with Gasteiger partial charge in [-0.25, -0.2) is 0 Å². The smallest absolute Gasteiger partial charge is 0.0544 e. The number of nitrogens with two attached hydrogens (primary N) is 1. The van der Waals surface area contributed by atoms with Gasteiger partial charge in [-0.3, -0.25) is 9.88 Å². The van der Waals surface area contributed by atoms with Crippen molar-refractivity contribution < 1.29 is 0 Å². The number of piperidine rings is 1. The van der Waals surface area contributed by atoms with Crippen molar-refractivity contribution in [2.45, 2.75) is 38.8 Å². The highest BCUT2D eigenvalue weighted by molar-refractivity contribution is 5.13. The Hall–Kier alpha value is -0.930. The molecule has 2 heterocycles. The van der Waals surface area contributed by atoms with Gasteiger partial charge in [-0.15, -0.1) is 0 Å². The monoisotopic (exact) mass is 219 g/mol. The van der Waals surface area contributed by atoms with E-state index in [2.05, 4.69) is 28.9 Å². The second-order valence-corrected chi connectivity index (χ2v) is 4.62. The Labute approximate surface area is 97.7 Å². The van der Waals surface area contributed by atoms with Gasteiger partial charge in [0.2, 0.25) is 0 Å². The molecule has 0 atom stereocenters. The molecule has 1 aliphatic heterocycles. The van der Waals surface area contributed by atoms with Crippen LogP contribution >= 0.6 is 0 Å². The van der Waals surface area contributed by atoms with Crippen molar-refractivity contribution in [2.24, 2.45) is 5.73 Å². The largest absolute Gasteiger partial charge is 0.328 e. The molecular weight excluding hydrogens is 198 g/mol. The van der Waals surface area contributed by atoms with E-state index >= 15 is 0 Å². The lowest BCUT2D eigenvalue weighted by atomic mass is 10.1. The van der Waals surface area contributed by atoms with Crippen LogP contribution in [0.5, 0.6) is 0 Å². The van der Waals surface area contributed by atoms with Crippen LogP contribution in [0, 0.1) is 0 Å². The predicted molar refractivity (Wildman–Crippen MR) is 66.1 cm³/mol. The SMILES string of the molecule is CCc1ccc(CN2CCC(N)CC2)nc1. The summed E-state index contributed by atoms with van der Waals surface area (Å²) in [5.74, 6) is 0. The molecule has 2 rings (SSSR count). The van der Waals surface area contributed by atoms with E-state index in [1.807, 2.05) is 6.20 Å². The summed E-state index contributed by atoms with van der Waals surface area (Å²) in [6.45, 7) is 5.34. The molecule has 0 aliphatic carbocycles. The quantitative estimate of drug-likeness (QED) is 0.839. The summed E-state index contributed by atoms with van der Waals surface area (Å²) in [6, 6.07) is 4.73. The third-order valence-corrected chi connectivity index (χ3v) is 3.31. The van der Waals surface area contributed by atoms with Crippen LogP contribution in [0.1, 0.15) is 31.0 Å². The molecule has 1 aromatic heterocycles. The predicted octanol–water partition coefficient (Wildman–Crippen LogP) is 1.57. The zero-order valence-electron chi connectivity index (χ0n) is 10.0. The molecule has 2 N–H and O–H groups in total. The Kier molecular flexibility index (Phi) is 3.91. The molecule has 1 fully saturated rings. The van der Waals surface area contributed by atoms with E-state index in [9.17, 15) is 0 Å². The molecule has 0 aromatic carbocycles. The standard InChI is InChI=1S/C13H21N3/c1-2-11-3-4-13(15-9-11)10-16-7-5-12(14)6-8-16/h3-4,9,12H,2,5-8,10,14H2,1H3. The van der Waals surface area contributed by atoms with Crippen LogP contribution in [-0.2, 0) is 13.0 Å². The summed E-state index contributed by atoms with van der Waals surface area (Å²) >= 11 is 0. The van der Waals surface area contributed by atoms with Gasteiger partial charge in [-0.1, -0.05) is 13.0 Å². The molecule has 0 saturated carbocycles. The van der Waals surface area contributed by atoms with Crippen LogP contribution in [0.2, 0.25) is 0 Å². The van der Waals surface area contributed by atoms with Crippen LogP contribution in [0.25, 0.3) is 0 Å². The Morgan fingerprint density at radius 2 is 2.12 bits per heavy atom. The summed E-state index contributed by atoms with van der Waals surface area (Å²) < 4.78 is 0. The topological polar surface area (TPSA) is 42.1 Å². The van der Waals surface area contributed by atoms with Crippen molar-refractivity contribution in [2.75, 3.05) is 13.1 Å². The first-order valence-electron chi connectivity index (χ1n) is 6.19. The van der Waals surface area contributed by atoms with Crippen LogP contribution in [0.3, 0.4) is 0 Å². The minimum absolute atomic E-state index is 0.409. The first-order valence-corrected chi connectivity index (χ1v) is 6.19. The van der Waals surface area contributed by atoms with Crippen molar-refractivity contribution in [3.05, 3.63) is 29.6 Å². The number of aryl methyl sites for hydroxylation is 1. The van der Waals surface area contributed by atoms with Crippen LogP contribution < -0.4 is 5.73 Å². The fourth-order valence-electron chi connectivity index (χ4n) is 2.10. The van der Waals surface area contributed by atoms with Crippen LogP contribution in [0.4, 0.5) is 0 Å². The van der Waals surface area contributed by atoms with Gasteiger partial charge in [-0.2, -0.15) is 0 Å². The summed E-state index contributed by atoms with van der Waals surface area (Å²) in [4.78, 5) is 6.93. The Bertz CT molecular complexity index is 312. The van der Waals surface area contributed by atoms with E-state index in [0.717, 1.165) is 38.9 Å². The fourth-order valence-corrected chi connectivity index (χ4v) is 2.10. The molecule has 1 aliphatic rings. The van der Waals surface area contributed by atoms with Gasteiger partial charge in [0.1, 0.15) is 0 Å².